The number of benzene rings is 2. The van der Waals surface area contributed by atoms with Crippen molar-refractivity contribution in [2.75, 3.05) is 13.7 Å². The standard InChI is InChI=1S/C18H19NO4/c1-23-17-9-7-14(8-10-17)11-15(13-19(21)22)12-18(20)16-5-3-2-4-6-16/h2-10,15H,11-13H2,1H3. The molecule has 5 nitrogen and oxygen atoms in total. The monoisotopic (exact) mass is 313 g/mol. The van der Waals surface area contributed by atoms with Crippen LogP contribution in [0.5, 0.6) is 5.75 Å². The average molecular weight is 313 g/mol. The number of nitrogens with zero attached hydrogens (tertiary/aromatic N) is 1. The van der Waals surface area contributed by atoms with Crippen molar-refractivity contribution in [2.24, 2.45) is 5.92 Å². The highest BCUT2D eigenvalue weighted by atomic mass is 16.6. The van der Waals surface area contributed by atoms with Crippen molar-refractivity contribution in [1.82, 2.24) is 0 Å². The molecular formula is C18H19NO4. The lowest BCUT2D eigenvalue weighted by Gasteiger charge is -2.13. The van der Waals surface area contributed by atoms with Crippen LogP contribution in [-0.4, -0.2) is 24.4 Å². The van der Waals surface area contributed by atoms with Crippen molar-refractivity contribution < 1.29 is 14.5 Å². The van der Waals surface area contributed by atoms with Crippen molar-refractivity contribution in [3.05, 3.63) is 75.8 Å². The number of methoxy groups -OCH3 is 1. The Morgan fingerprint density at radius 3 is 2.35 bits per heavy atom. The molecule has 0 saturated heterocycles. The fourth-order valence-electron chi connectivity index (χ4n) is 2.51. The summed E-state index contributed by atoms with van der Waals surface area (Å²) in [6, 6.07) is 16.3. The van der Waals surface area contributed by atoms with E-state index in [1.807, 2.05) is 30.3 Å². The lowest BCUT2D eigenvalue weighted by molar-refractivity contribution is -0.487. The van der Waals surface area contributed by atoms with Gasteiger partial charge in [-0.05, 0) is 24.1 Å². The Morgan fingerprint density at radius 1 is 1.13 bits per heavy atom. The fourth-order valence-corrected chi connectivity index (χ4v) is 2.51. The van der Waals surface area contributed by atoms with E-state index in [9.17, 15) is 14.9 Å². The number of rotatable bonds is 8. The lowest BCUT2D eigenvalue weighted by atomic mass is 9.92. The number of carbonyl (C=O) groups is 1. The van der Waals surface area contributed by atoms with Gasteiger partial charge in [-0.25, -0.2) is 0 Å². The number of ketones is 1. The largest absolute Gasteiger partial charge is 0.497 e. The Labute approximate surface area is 135 Å². The zero-order valence-electron chi connectivity index (χ0n) is 13.0. The Morgan fingerprint density at radius 2 is 1.78 bits per heavy atom. The smallest absolute Gasteiger partial charge is 0.207 e. The molecule has 0 aliphatic heterocycles. The topological polar surface area (TPSA) is 69.4 Å². The first-order chi connectivity index (χ1) is 11.1. The molecule has 0 saturated carbocycles. The van der Waals surface area contributed by atoms with Gasteiger partial charge < -0.3 is 4.74 Å². The molecule has 0 bridgehead atoms. The molecule has 0 spiro atoms. The van der Waals surface area contributed by atoms with Gasteiger partial charge in [0.2, 0.25) is 6.54 Å². The molecule has 0 heterocycles. The summed E-state index contributed by atoms with van der Waals surface area (Å²) < 4.78 is 5.10. The van der Waals surface area contributed by atoms with Crippen LogP contribution < -0.4 is 4.74 Å². The van der Waals surface area contributed by atoms with Gasteiger partial charge in [-0.2, -0.15) is 0 Å². The average Bonchev–Trinajstić information content (AvgIpc) is 2.55. The summed E-state index contributed by atoms with van der Waals surface area (Å²) in [5, 5.41) is 10.9. The predicted molar refractivity (Wildman–Crippen MR) is 87.4 cm³/mol. The third kappa shape index (κ3) is 5.21. The second-order valence-electron chi connectivity index (χ2n) is 5.43. The molecule has 1 unspecified atom stereocenters. The Hall–Kier alpha value is -2.69. The van der Waals surface area contributed by atoms with Crippen LogP contribution in [0.1, 0.15) is 22.3 Å². The summed E-state index contributed by atoms with van der Waals surface area (Å²) in [5.74, 6) is 0.344. The predicted octanol–water partition coefficient (Wildman–Crippen LogP) is 3.40. The van der Waals surface area contributed by atoms with Crippen molar-refractivity contribution in [1.29, 1.82) is 0 Å². The molecule has 0 aliphatic rings. The van der Waals surface area contributed by atoms with Crippen LogP contribution in [0, 0.1) is 16.0 Å². The molecule has 0 amide bonds. The van der Waals surface area contributed by atoms with Crippen LogP contribution in [0.25, 0.3) is 0 Å². The molecule has 2 aromatic carbocycles. The maximum absolute atomic E-state index is 12.3. The van der Waals surface area contributed by atoms with Crippen LogP contribution in [-0.2, 0) is 6.42 Å². The zero-order chi connectivity index (χ0) is 16.7. The third-order valence-corrected chi connectivity index (χ3v) is 3.66. The van der Waals surface area contributed by atoms with Gasteiger partial charge in [0.05, 0.1) is 7.11 Å². The number of nitro groups is 1. The quantitative estimate of drug-likeness (QED) is 0.425. The first kappa shape index (κ1) is 16.7. The summed E-state index contributed by atoms with van der Waals surface area (Å²) in [5.41, 5.74) is 1.55. The molecular weight excluding hydrogens is 294 g/mol. The maximum atomic E-state index is 12.3. The molecule has 120 valence electrons. The second-order valence-corrected chi connectivity index (χ2v) is 5.43. The lowest BCUT2D eigenvalue weighted by Crippen LogP contribution is -2.20. The molecule has 0 radical (unpaired) electrons. The number of hydrogen-bond donors (Lipinski definition) is 0. The molecule has 5 heteroatoms. The summed E-state index contributed by atoms with van der Waals surface area (Å²) in [7, 11) is 1.59. The van der Waals surface area contributed by atoms with Crippen LogP contribution in [0.3, 0.4) is 0 Å². The van der Waals surface area contributed by atoms with E-state index in [2.05, 4.69) is 0 Å². The minimum Gasteiger partial charge on any atom is -0.497 e. The summed E-state index contributed by atoms with van der Waals surface area (Å²) >= 11 is 0. The van der Waals surface area contributed by atoms with Crippen molar-refractivity contribution in [3.8, 4) is 5.75 Å². The highest BCUT2D eigenvalue weighted by Gasteiger charge is 2.20. The number of carbonyl (C=O) groups excluding carboxylic acids is 1. The van der Waals surface area contributed by atoms with E-state index in [1.165, 1.54) is 0 Å². The van der Waals surface area contributed by atoms with E-state index in [1.54, 1.807) is 31.4 Å². The van der Waals surface area contributed by atoms with Gasteiger partial charge in [0.15, 0.2) is 5.78 Å². The zero-order valence-corrected chi connectivity index (χ0v) is 13.0. The number of hydrogen-bond acceptors (Lipinski definition) is 4. The van der Waals surface area contributed by atoms with E-state index in [-0.39, 0.29) is 29.6 Å². The Balaban J connectivity index is 2.06. The molecule has 2 rings (SSSR count). The van der Waals surface area contributed by atoms with E-state index < -0.39 is 0 Å². The van der Waals surface area contributed by atoms with Gasteiger partial charge in [0.1, 0.15) is 5.75 Å². The Bertz CT molecular complexity index is 652. The second kappa shape index (κ2) is 8.08. The van der Waals surface area contributed by atoms with Gasteiger partial charge in [-0.3, -0.25) is 14.9 Å². The highest BCUT2D eigenvalue weighted by Crippen LogP contribution is 2.19. The first-order valence-corrected chi connectivity index (χ1v) is 7.41. The summed E-state index contributed by atoms with van der Waals surface area (Å²) in [4.78, 5) is 22.8. The van der Waals surface area contributed by atoms with Gasteiger partial charge >= 0.3 is 0 Å². The van der Waals surface area contributed by atoms with Gasteiger partial charge in [-0.1, -0.05) is 42.5 Å². The molecule has 2 aromatic rings. The van der Waals surface area contributed by atoms with Crippen LogP contribution in [0.15, 0.2) is 54.6 Å². The van der Waals surface area contributed by atoms with Crippen molar-refractivity contribution in [3.63, 3.8) is 0 Å². The van der Waals surface area contributed by atoms with Gasteiger partial charge in [-0.15, -0.1) is 0 Å². The van der Waals surface area contributed by atoms with Crippen LogP contribution in [0.4, 0.5) is 0 Å². The van der Waals surface area contributed by atoms with Crippen molar-refractivity contribution >= 4 is 5.78 Å². The maximum Gasteiger partial charge on any atom is 0.207 e. The van der Waals surface area contributed by atoms with E-state index in [4.69, 9.17) is 4.74 Å². The first-order valence-electron chi connectivity index (χ1n) is 7.41. The molecule has 1 atom stereocenters. The highest BCUT2D eigenvalue weighted by molar-refractivity contribution is 5.96. The summed E-state index contributed by atoms with van der Waals surface area (Å²) in [6.45, 7) is -0.218. The van der Waals surface area contributed by atoms with Gasteiger partial charge in [0.25, 0.3) is 0 Å². The fraction of sp³-hybridized carbons (Fsp3) is 0.278. The SMILES string of the molecule is COc1ccc(CC(CC(=O)c2ccccc2)C[N+](=O)[O-])cc1. The minimum atomic E-state index is -0.355. The van der Waals surface area contributed by atoms with Crippen LogP contribution in [0.2, 0.25) is 0 Å². The molecule has 0 fully saturated rings. The number of Topliss-reactive ketones (excluding diaryl/α,β-unsaturated/α-hetero) is 1. The summed E-state index contributed by atoms with van der Waals surface area (Å²) in [6.07, 6.45) is 0.653. The molecule has 0 aromatic heterocycles. The number of ether oxygens (including phenoxy) is 1. The van der Waals surface area contributed by atoms with Crippen LogP contribution >= 0.6 is 0 Å². The molecule has 23 heavy (non-hydrogen) atoms. The van der Waals surface area contributed by atoms with E-state index in [0.717, 1.165) is 11.3 Å². The molecule has 0 aliphatic carbocycles. The van der Waals surface area contributed by atoms with E-state index >= 15 is 0 Å². The van der Waals surface area contributed by atoms with E-state index in [0.29, 0.717) is 12.0 Å². The van der Waals surface area contributed by atoms with Crippen molar-refractivity contribution in [2.45, 2.75) is 12.8 Å². The van der Waals surface area contributed by atoms with Gasteiger partial charge in [0, 0.05) is 22.8 Å². The Kier molecular flexibility index (Phi) is 5.86. The molecule has 0 N–H and O–H groups in total. The normalized spacial score (nSPS) is 11.7. The minimum absolute atomic E-state index is 0.0639. The third-order valence-electron chi connectivity index (χ3n) is 3.66.